The van der Waals surface area contributed by atoms with Gasteiger partial charge in [-0.15, -0.1) is 0 Å². The van der Waals surface area contributed by atoms with E-state index in [2.05, 4.69) is 46.9 Å². The van der Waals surface area contributed by atoms with Crippen LogP contribution in [0.4, 0.5) is 0 Å². The maximum atomic E-state index is 3.70. The predicted octanol–water partition coefficient (Wildman–Crippen LogP) is 6.57. The summed E-state index contributed by atoms with van der Waals surface area (Å²) in [6.45, 7) is 15.0. The SMILES string of the molecule is CCCCCCCCCCC(CNC(C)(C)C)CC(C)C. The van der Waals surface area contributed by atoms with Crippen molar-refractivity contribution in [2.45, 2.75) is 111 Å². The van der Waals surface area contributed by atoms with Crippen molar-refractivity contribution in [3.63, 3.8) is 0 Å². The third kappa shape index (κ3) is 16.2. The molecule has 1 N–H and O–H groups in total. The Bertz CT molecular complexity index is 214. The van der Waals surface area contributed by atoms with E-state index in [-0.39, 0.29) is 5.54 Å². The number of hydrogen-bond donors (Lipinski definition) is 1. The van der Waals surface area contributed by atoms with Crippen molar-refractivity contribution in [2.75, 3.05) is 6.54 Å². The molecule has 0 aliphatic carbocycles. The summed E-state index contributed by atoms with van der Waals surface area (Å²) in [6, 6.07) is 0. The lowest BCUT2D eigenvalue weighted by molar-refractivity contribution is 0.312. The summed E-state index contributed by atoms with van der Waals surface area (Å²) < 4.78 is 0. The molecule has 0 spiro atoms. The monoisotopic (exact) mass is 297 g/mol. The van der Waals surface area contributed by atoms with Gasteiger partial charge in [0.15, 0.2) is 0 Å². The van der Waals surface area contributed by atoms with Crippen LogP contribution < -0.4 is 5.32 Å². The molecule has 0 aliphatic rings. The summed E-state index contributed by atoms with van der Waals surface area (Å²) in [7, 11) is 0. The fourth-order valence-corrected chi connectivity index (χ4v) is 2.99. The average molecular weight is 298 g/mol. The van der Waals surface area contributed by atoms with Crippen molar-refractivity contribution in [3.05, 3.63) is 0 Å². The van der Waals surface area contributed by atoms with Gasteiger partial charge in [-0.2, -0.15) is 0 Å². The largest absolute Gasteiger partial charge is 0.312 e. The second kappa shape index (κ2) is 12.5. The molecule has 0 aliphatic heterocycles. The fraction of sp³-hybridized carbons (Fsp3) is 1.00. The van der Waals surface area contributed by atoms with Crippen molar-refractivity contribution in [1.82, 2.24) is 5.32 Å². The van der Waals surface area contributed by atoms with Crippen LogP contribution >= 0.6 is 0 Å². The first-order valence-corrected chi connectivity index (χ1v) is 9.60. The van der Waals surface area contributed by atoms with Crippen LogP contribution in [0.2, 0.25) is 0 Å². The van der Waals surface area contributed by atoms with E-state index in [0.717, 1.165) is 11.8 Å². The molecule has 0 aromatic heterocycles. The Labute approximate surface area is 135 Å². The Morgan fingerprint density at radius 3 is 1.81 bits per heavy atom. The van der Waals surface area contributed by atoms with E-state index in [4.69, 9.17) is 0 Å². The van der Waals surface area contributed by atoms with E-state index in [1.165, 1.54) is 70.8 Å². The lowest BCUT2D eigenvalue weighted by Gasteiger charge is -2.26. The molecule has 0 fully saturated rings. The van der Waals surface area contributed by atoms with Crippen LogP contribution in [0, 0.1) is 11.8 Å². The van der Waals surface area contributed by atoms with Gasteiger partial charge in [0.1, 0.15) is 0 Å². The van der Waals surface area contributed by atoms with E-state index >= 15 is 0 Å². The van der Waals surface area contributed by atoms with Crippen molar-refractivity contribution in [3.8, 4) is 0 Å². The molecule has 0 aromatic rings. The van der Waals surface area contributed by atoms with Gasteiger partial charge in [-0.25, -0.2) is 0 Å². The third-order valence-electron chi connectivity index (χ3n) is 4.19. The quantitative estimate of drug-likeness (QED) is 0.379. The van der Waals surface area contributed by atoms with Crippen LogP contribution in [-0.2, 0) is 0 Å². The normalized spacial score (nSPS) is 13.9. The van der Waals surface area contributed by atoms with Gasteiger partial charge < -0.3 is 5.32 Å². The molecule has 0 aromatic carbocycles. The predicted molar refractivity (Wildman–Crippen MR) is 97.9 cm³/mol. The van der Waals surface area contributed by atoms with Crippen molar-refractivity contribution in [2.24, 2.45) is 11.8 Å². The van der Waals surface area contributed by atoms with Gasteiger partial charge >= 0.3 is 0 Å². The van der Waals surface area contributed by atoms with Crippen LogP contribution in [0.3, 0.4) is 0 Å². The Balaban J connectivity index is 3.71. The molecule has 1 nitrogen and oxygen atoms in total. The van der Waals surface area contributed by atoms with Crippen LogP contribution in [0.1, 0.15) is 106 Å². The standard InChI is InChI=1S/C20H43N/c1-7-8-9-10-11-12-13-14-15-19(16-18(2)3)17-21-20(4,5)6/h18-19,21H,7-17H2,1-6H3. The Kier molecular flexibility index (Phi) is 12.5. The summed E-state index contributed by atoms with van der Waals surface area (Å²) in [4.78, 5) is 0. The average Bonchev–Trinajstić information content (AvgIpc) is 2.37. The first-order chi connectivity index (χ1) is 9.85. The van der Waals surface area contributed by atoms with Gasteiger partial charge in [-0.05, 0) is 52.0 Å². The highest BCUT2D eigenvalue weighted by atomic mass is 14.9. The van der Waals surface area contributed by atoms with E-state index in [0.29, 0.717) is 0 Å². The molecule has 1 heteroatoms. The van der Waals surface area contributed by atoms with E-state index in [1.54, 1.807) is 0 Å². The molecule has 0 rings (SSSR count). The van der Waals surface area contributed by atoms with Gasteiger partial charge in [-0.1, -0.05) is 72.1 Å². The minimum absolute atomic E-state index is 0.258. The van der Waals surface area contributed by atoms with Crippen molar-refractivity contribution >= 4 is 0 Å². The Morgan fingerprint density at radius 2 is 1.33 bits per heavy atom. The van der Waals surface area contributed by atoms with Crippen LogP contribution in [-0.4, -0.2) is 12.1 Å². The van der Waals surface area contributed by atoms with Gasteiger partial charge in [0.05, 0.1) is 0 Å². The highest BCUT2D eigenvalue weighted by Crippen LogP contribution is 2.20. The minimum Gasteiger partial charge on any atom is -0.312 e. The maximum Gasteiger partial charge on any atom is 0.00966 e. The summed E-state index contributed by atoms with van der Waals surface area (Å²) in [6.07, 6.45) is 14.2. The fourth-order valence-electron chi connectivity index (χ4n) is 2.99. The maximum absolute atomic E-state index is 3.70. The Hall–Kier alpha value is -0.0400. The lowest BCUT2D eigenvalue weighted by Crippen LogP contribution is -2.39. The summed E-state index contributed by atoms with van der Waals surface area (Å²) in [5, 5.41) is 3.70. The molecule has 21 heavy (non-hydrogen) atoms. The Morgan fingerprint density at radius 1 is 0.810 bits per heavy atom. The topological polar surface area (TPSA) is 12.0 Å². The molecule has 1 atom stereocenters. The van der Waals surface area contributed by atoms with E-state index in [1.807, 2.05) is 0 Å². The van der Waals surface area contributed by atoms with E-state index < -0.39 is 0 Å². The van der Waals surface area contributed by atoms with Gasteiger partial charge in [0.25, 0.3) is 0 Å². The molecule has 1 unspecified atom stereocenters. The van der Waals surface area contributed by atoms with Gasteiger partial charge in [0, 0.05) is 5.54 Å². The molecule has 0 amide bonds. The first-order valence-electron chi connectivity index (χ1n) is 9.60. The molecular weight excluding hydrogens is 254 g/mol. The smallest absolute Gasteiger partial charge is 0.00966 e. The van der Waals surface area contributed by atoms with Crippen molar-refractivity contribution < 1.29 is 0 Å². The zero-order valence-corrected chi connectivity index (χ0v) is 15.9. The minimum atomic E-state index is 0.258. The highest BCUT2D eigenvalue weighted by Gasteiger charge is 2.15. The second-order valence-corrected chi connectivity index (χ2v) is 8.39. The molecule has 0 saturated carbocycles. The third-order valence-corrected chi connectivity index (χ3v) is 4.19. The highest BCUT2D eigenvalue weighted by molar-refractivity contribution is 4.74. The van der Waals surface area contributed by atoms with Crippen LogP contribution in [0.15, 0.2) is 0 Å². The van der Waals surface area contributed by atoms with Crippen LogP contribution in [0.25, 0.3) is 0 Å². The first kappa shape index (κ1) is 21.0. The van der Waals surface area contributed by atoms with Crippen LogP contribution in [0.5, 0.6) is 0 Å². The van der Waals surface area contributed by atoms with Crippen molar-refractivity contribution in [1.29, 1.82) is 0 Å². The summed E-state index contributed by atoms with van der Waals surface area (Å²) >= 11 is 0. The molecular formula is C20H43N. The zero-order chi connectivity index (χ0) is 16.1. The molecule has 0 radical (unpaired) electrons. The molecule has 0 heterocycles. The lowest BCUT2D eigenvalue weighted by atomic mass is 9.91. The molecule has 0 bridgehead atoms. The summed E-state index contributed by atoms with van der Waals surface area (Å²) in [5.74, 6) is 1.69. The number of rotatable bonds is 13. The number of unbranched alkanes of at least 4 members (excludes halogenated alkanes) is 7. The molecule has 128 valence electrons. The summed E-state index contributed by atoms with van der Waals surface area (Å²) in [5.41, 5.74) is 0.258. The number of hydrogen-bond acceptors (Lipinski definition) is 1. The molecule has 0 saturated heterocycles. The second-order valence-electron chi connectivity index (χ2n) is 8.39. The van der Waals surface area contributed by atoms with Gasteiger partial charge in [0.2, 0.25) is 0 Å². The zero-order valence-electron chi connectivity index (χ0n) is 15.9. The van der Waals surface area contributed by atoms with Gasteiger partial charge in [-0.3, -0.25) is 0 Å². The number of nitrogens with one attached hydrogen (secondary N) is 1. The van der Waals surface area contributed by atoms with E-state index in [9.17, 15) is 0 Å².